The van der Waals surface area contributed by atoms with Gasteiger partial charge in [0.1, 0.15) is 17.4 Å². The van der Waals surface area contributed by atoms with Gasteiger partial charge in [0.25, 0.3) is 0 Å². The van der Waals surface area contributed by atoms with Crippen molar-refractivity contribution in [3.63, 3.8) is 0 Å². The second-order valence-electron chi connectivity index (χ2n) is 6.25. The van der Waals surface area contributed by atoms with E-state index in [-0.39, 0.29) is 5.91 Å². The number of nitrogens with one attached hydrogen (secondary N) is 1. The van der Waals surface area contributed by atoms with Gasteiger partial charge in [-0.1, -0.05) is 48.0 Å². The van der Waals surface area contributed by atoms with E-state index < -0.39 is 0 Å². The maximum Gasteiger partial charge on any atom is 0.244 e. The van der Waals surface area contributed by atoms with Gasteiger partial charge in [0.2, 0.25) is 5.91 Å². The second-order valence-corrected chi connectivity index (χ2v) is 7.55. The van der Waals surface area contributed by atoms with Gasteiger partial charge >= 0.3 is 0 Å². The molecule has 0 saturated carbocycles. The minimum atomic E-state index is -0.174. The van der Waals surface area contributed by atoms with Crippen molar-refractivity contribution in [2.75, 3.05) is 6.61 Å². The normalized spacial score (nSPS) is 13.0. The molecule has 0 unspecified atom stereocenters. The van der Waals surface area contributed by atoms with E-state index in [9.17, 15) is 4.79 Å². The van der Waals surface area contributed by atoms with Crippen LogP contribution in [0.25, 0.3) is 16.6 Å². The first-order valence-corrected chi connectivity index (χ1v) is 10.0. The Labute approximate surface area is 172 Å². The number of halogens is 1. The summed E-state index contributed by atoms with van der Waals surface area (Å²) in [6.45, 7) is 0.811. The van der Waals surface area contributed by atoms with Crippen LogP contribution in [0.15, 0.2) is 71.6 Å². The Kier molecular flexibility index (Phi) is 5.55. The van der Waals surface area contributed by atoms with Gasteiger partial charge in [0, 0.05) is 27.6 Å². The van der Waals surface area contributed by atoms with Crippen LogP contribution in [0.4, 0.5) is 0 Å². The molecule has 0 atom stereocenters. The molecule has 4 nitrogen and oxygen atoms in total. The summed E-state index contributed by atoms with van der Waals surface area (Å²) in [5, 5.41) is 6.42. The molecular formula is C22H17ClN2O2S. The highest BCUT2D eigenvalue weighted by Crippen LogP contribution is 2.29. The first-order valence-electron chi connectivity index (χ1n) is 8.76. The number of hydrogen-bond acceptors (Lipinski definition) is 4. The van der Waals surface area contributed by atoms with E-state index in [2.05, 4.69) is 10.3 Å². The third-order valence-electron chi connectivity index (χ3n) is 4.17. The van der Waals surface area contributed by atoms with Crippen molar-refractivity contribution in [1.82, 2.24) is 10.3 Å². The summed E-state index contributed by atoms with van der Waals surface area (Å²) in [5.74, 6) is 0.621. The van der Waals surface area contributed by atoms with E-state index in [1.165, 1.54) is 6.08 Å². The molecule has 28 heavy (non-hydrogen) atoms. The van der Waals surface area contributed by atoms with Gasteiger partial charge < -0.3 is 10.1 Å². The largest absolute Gasteiger partial charge is 0.488 e. The second kappa shape index (κ2) is 8.42. The van der Waals surface area contributed by atoms with Gasteiger partial charge in [-0.2, -0.15) is 0 Å². The molecule has 4 rings (SSSR count). The number of amides is 1. The van der Waals surface area contributed by atoms with Crippen molar-refractivity contribution in [3.8, 4) is 16.3 Å². The zero-order valence-corrected chi connectivity index (χ0v) is 16.5. The summed E-state index contributed by atoms with van der Waals surface area (Å²) >= 11 is 7.59. The Morgan fingerprint density at radius 2 is 2.11 bits per heavy atom. The topological polar surface area (TPSA) is 51.2 Å². The Morgan fingerprint density at radius 3 is 2.96 bits per heavy atom. The molecule has 1 N–H and O–H groups in total. The number of aromatic nitrogens is 1. The molecule has 1 aromatic heterocycles. The molecule has 0 bridgehead atoms. The zero-order chi connectivity index (χ0) is 19.3. The van der Waals surface area contributed by atoms with Crippen LogP contribution >= 0.6 is 22.9 Å². The molecule has 2 aromatic carbocycles. The van der Waals surface area contributed by atoms with Crippen LogP contribution in [0.5, 0.6) is 5.75 Å². The van der Waals surface area contributed by atoms with E-state index in [0.717, 1.165) is 33.2 Å². The lowest BCUT2D eigenvalue weighted by molar-refractivity contribution is -0.116. The van der Waals surface area contributed by atoms with Crippen LogP contribution in [0.2, 0.25) is 5.02 Å². The molecule has 0 fully saturated rings. The third-order valence-corrected chi connectivity index (χ3v) is 5.35. The maximum atomic E-state index is 12.1. The molecule has 0 radical (unpaired) electrons. The van der Waals surface area contributed by atoms with Crippen molar-refractivity contribution >= 4 is 34.9 Å². The van der Waals surface area contributed by atoms with Gasteiger partial charge in [-0.3, -0.25) is 4.79 Å². The molecule has 6 heteroatoms. The van der Waals surface area contributed by atoms with Crippen LogP contribution in [0.1, 0.15) is 11.3 Å². The van der Waals surface area contributed by atoms with Gasteiger partial charge in [0.15, 0.2) is 0 Å². The fourth-order valence-electron chi connectivity index (χ4n) is 2.78. The molecule has 1 amide bonds. The Balaban J connectivity index is 1.34. The number of benzene rings is 2. The van der Waals surface area contributed by atoms with E-state index in [0.29, 0.717) is 18.2 Å². The van der Waals surface area contributed by atoms with E-state index in [1.54, 1.807) is 23.5 Å². The Hall–Kier alpha value is -2.89. The number of rotatable bonds is 5. The van der Waals surface area contributed by atoms with Gasteiger partial charge in [-0.05, 0) is 29.8 Å². The number of ether oxygens (including phenoxy) is 1. The molecule has 1 aliphatic heterocycles. The van der Waals surface area contributed by atoms with Crippen molar-refractivity contribution in [3.05, 3.63) is 87.9 Å². The van der Waals surface area contributed by atoms with Crippen molar-refractivity contribution in [2.45, 2.75) is 6.54 Å². The molecule has 1 aliphatic rings. The lowest BCUT2D eigenvalue weighted by atomic mass is 10.1. The number of thiazole rings is 1. The summed E-state index contributed by atoms with van der Waals surface area (Å²) < 4.78 is 5.68. The van der Waals surface area contributed by atoms with Gasteiger partial charge in [0.05, 0.1) is 12.2 Å². The summed E-state index contributed by atoms with van der Waals surface area (Å²) in [6.07, 6.45) is 5.24. The van der Waals surface area contributed by atoms with Crippen LogP contribution in [0, 0.1) is 0 Å². The lowest BCUT2D eigenvalue weighted by Crippen LogP contribution is -2.20. The molecule has 140 valence electrons. The third kappa shape index (κ3) is 4.50. The average Bonchev–Trinajstić information content (AvgIpc) is 3.20. The highest BCUT2D eigenvalue weighted by atomic mass is 35.5. The molecule has 0 aliphatic carbocycles. The average molecular weight is 409 g/mol. The molecule has 3 aromatic rings. The highest BCUT2D eigenvalue weighted by molar-refractivity contribution is 7.13. The summed E-state index contributed by atoms with van der Waals surface area (Å²) in [5.41, 5.74) is 3.74. The number of carbonyl (C=O) groups excluding carboxylic acids is 1. The monoisotopic (exact) mass is 408 g/mol. The first kappa shape index (κ1) is 18.5. The van der Waals surface area contributed by atoms with E-state index in [1.807, 2.05) is 53.9 Å². The highest BCUT2D eigenvalue weighted by Gasteiger charge is 2.10. The number of hydrogen-bond donors (Lipinski definition) is 1. The Bertz CT molecular complexity index is 1060. The predicted molar refractivity (Wildman–Crippen MR) is 113 cm³/mol. The van der Waals surface area contributed by atoms with Crippen LogP contribution in [0.3, 0.4) is 0 Å². The lowest BCUT2D eigenvalue weighted by Gasteiger charge is -2.16. The number of carbonyl (C=O) groups is 1. The van der Waals surface area contributed by atoms with E-state index >= 15 is 0 Å². The van der Waals surface area contributed by atoms with Crippen LogP contribution in [-0.2, 0) is 11.3 Å². The van der Waals surface area contributed by atoms with E-state index in [4.69, 9.17) is 16.3 Å². The molecule has 0 saturated heterocycles. The fraction of sp³-hybridized carbons (Fsp3) is 0.0909. The molecule has 0 spiro atoms. The van der Waals surface area contributed by atoms with Crippen molar-refractivity contribution in [2.24, 2.45) is 0 Å². The minimum absolute atomic E-state index is 0.174. The minimum Gasteiger partial charge on any atom is -0.488 e. The number of nitrogens with zero attached hydrogens (tertiary/aromatic N) is 1. The van der Waals surface area contributed by atoms with Crippen molar-refractivity contribution < 1.29 is 9.53 Å². The smallest absolute Gasteiger partial charge is 0.244 e. The maximum absolute atomic E-state index is 12.1. The van der Waals surface area contributed by atoms with Gasteiger partial charge in [-0.15, -0.1) is 11.3 Å². The summed E-state index contributed by atoms with van der Waals surface area (Å²) in [7, 11) is 0. The summed E-state index contributed by atoms with van der Waals surface area (Å²) in [6, 6.07) is 15.5. The van der Waals surface area contributed by atoms with Crippen molar-refractivity contribution in [1.29, 1.82) is 0 Å². The van der Waals surface area contributed by atoms with Crippen LogP contribution < -0.4 is 10.1 Å². The van der Waals surface area contributed by atoms with Gasteiger partial charge in [-0.25, -0.2) is 4.98 Å². The quantitative estimate of drug-likeness (QED) is 0.596. The predicted octanol–water partition coefficient (Wildman–Crippen LogP) is 5.11. The first-order chi connectivity index (χ1) is 13.7. The fourth-order valence-corrected chi connectivity index (χ4v) is 3.79. The Morgan fingerprint density at radius 1 is 1.25 bits per heavy atom. The SMILES string of the molecule is O=C(/C=C/C1=Cc2cc(Cl)ccc2OC1)NCc1csc(-c2ccccc2)n1. The standard InChI is InChI=1S/C22H17ClN2O2S/c23-18-7-8-20-17(11-18)10-15(13-27-20)6-9-21(26)24-12-19-14-28-22(25-19)16-4-2-1-3-5-16/h1-11,14H,12-13H2,(H,24,26)/b9-6+. The van der Waals surface area contributed by atoms with Crippen LogP contribution in [-0.4, -0.2) is 17.5 Å². The zero-order valence-electron chi connectivity index (χ0n) is 14.9. The molecular weight excluding hydrogens is 392 g/mol. The summed E-state index contributed by atoms with van der Waals surface area (Å²) in [4.78, 5) is 16.7. The number of fused-ring (bicyclic) bond motifs is 1. The molecule has 2 heterocycles.